The standard InChI is InChI=1S/CH2BFO2/c2-4-1-5-3/h1H2. The monoisotopic (exact) mass is 76.0 g/mol. The van der Waals surface area contributed by atoms with Crippen molar-refractivity contribution in [1.29, 1.82) is 0 Å². The minimum Gasteiger partial charge on any atom is -0.425 e. The molecule has 0 atom stereocenters. The van der Waals surface area contributed by atoms with Crippen molar-refractivity contribution in [3.05, 3.63) is 0 Å². The molecule has 0 aromatic heterocycles. The van der Waals surface area contributed by atoms with Crippen LogP contribution in [0.5, 0.6) is 0 Å². The second kappa shape index (κ2) is 3.91. The molecule has 0 rings (SSSR count). The van der Waals surface area contributed by atoms with Crippen LogP contribution in [0.4, 0.5) is 4.53 Å². The van der Waals surface area contributed by atoms with E-state index in [0.717, 1.165) is 0 Å². The maximum Gasteiger partial charge on any atom is 0.285 e. The Bertz CT molecular complexity index is 17.1. The molecule has 0 amide bonds. The molecule has 0 saturated heterocycles. The minimum atomic E-state index is -0.500. The van der Waals surface area contributed by atoms with Crippen LogP contribution in [0, 0.1) is 0 Å². The quantitative estimate of drug-likeness (QED) is 0.339. The van der Waals surface area contributed by atoms with Crippen LogP contribution < -0.4 is 0 Å². The summed E-state index contributed by atoms with van der Waals surface area (Å²) in [5.41, 5.74) is 0. The summed E-state index contributed by atoms with van der Waals surface area (Å²) in [7, 11) is 4.27. The van der Waals surface area contributed by atoms with Crippen LogP contribution in [0.3, 0.4) is 0 Å². The zero-order chi connectivity index (χ0) is 4.12. The normalized spacial score (nSPS) is 8.20. The second-order valence-corrected chi connectivity index (χ2v) is 0.394. The van der Waals surface area contributed by atoms with E-state index in [4.69, 9.17) is 0 Å². The van der Waals surface area contributed by atoms with Crippen LogP contribution in [0.25, 0.3) is 0 Å². The van der Waals surface area contributed by atoms with Gasteiger partial charge in [0, 0.05) is 0 Å². The predicted octanol–water partition coefficient (Wildman–Crippen LogP) is -0.0549. The molecule has 0 heterocycles. The lowest BCUT2D eigenvalue weighted by atomic mass is 10.6. The van der Waals surface area contributed by atoms with Crippen LogP contribution in [-0.4, -0.2) is 14.8 Å². The Kier molecular flexibility index (Phi) is 3.85. The molecule has 0 fully saturated rings. The summed E-state index contributed by atoms with van der Waals surface area (Å²) in [6.45, 7) is -0.500. The van der Waals surface area contributed by atoms with Crippen LogP contribution >= 0.6 is 0 Å². The van der Waals surface area contributed by atoms with Crippen molar-refractivity contribution in [1.82, 2.24) is 0 Å². The Morgan fingerprint density at radius 1 is 1.80 bits per heavy atom. The molecular weight excluding hydrogens is 73.8 g/mol. The molecule has 0 aliphatic heterocycles. The molecule has 0 N–H and O–H groups in total. The van der Waals surface area contributed by atoms with Gasteiger partial charge in [0.05, 0.1) is 0 Å². The van der Waals surface area contributed by atoms with Gasteiger partial charge < -0.3 is 4.65 Å². The van der Waals surface area contributed by atoms with Crippen LogP contribution in [0.1, 0.15) is 0 Å². The van der Waals surface area contributed by atoms with Gasteiger partial charge in [-0.25, -0.2) is 0 Å². The minimum absolute atomic E-state index is 0.500. The van der Waals surface area contributed by atoms with Gasteiger partial charge in [0.25, 0.3) is 8.05 Å². The summed E-state index contributed by atoms with van der Waals surface area (Å²) in [6.07, 6.45) is 0. The van der Waals surface area contributed by atoms with Crippen molar-refractivity contribution in [2.75, 3.05) is 6.79 Å². The summed E-state index contributed by atoms with van der Waals surface area (Å²) >= 11 is 0. The van der Waals surface area contributed by atoms with Gasteiger partial charge in [-0.15, -0.1) is 0 Å². The molecule has 0 aromatic rings. The molecule has 2 radical (unpaired) electrons. The zero-order valence-electron chi connectivity index (χ0n) is 2.48. The van der Waals surface area contributed by atoms with Crippen molar-refractivity contribution >= 4 is 8.05 Å². The zero-order valence-corrected chi connectivity index (χ0v) is 2.48. The van der Waals surface area contributed by atoms with Crippen molar-refractivity contribution in [3.63, 3.8) is 0 Å². The Labute approximate surface area is 30.2 Å². The van der Waals surface area contributed by atoms with Gasteiger partial charge >= 0.3 is 0 Å². The molecule has 5 heavy (non-hydrogen) atoms. The van der Waals surface area contributed by atoms with Crippen LogP contribution in [-0.2, 0) is 9.60 Å². The van der Waals surface area contributed by atoms with E-state index in [1.54, 1.807) is 0 Å². The lowest BCUT2D eigenvalue weighted by molar-refractivity contribution is -0.183. The highest BCUT2D eigenvalue weighted by atomic mass is 19.3. The molecule has 0 unspecified atom stereocenters. The van der Waals surface area contributed by atoms with Gasteiger partial charge in [0.15, 0.2) is 6.79 Å². The van der Waals surface area contributed by atoms with Crippen LogP contribution in [0.2, 0.25) is 0 Å². The maximum atomic E-state index is 10.3. The molecule has 0 spiro atoms. The lowest BCUT2D eigenvalue weighted by Gasteiger charge is -1.82. The summed E-state index contributed by atoms with van der Waals surface area (Å²) in [4.78, 5) is 2.84. The summed E-state index contributed by atoms with van der Waals surface area (Å²) in [6, 6.07) is 0. The Morgan fingerprint density at radius 2 is 2.40 bits per heavy atom. The van der Waals surface area contributed by atoms with Crippen molar-refractivity contribution in [2.24, 2.45) is 0 Å². The largest absolute Gasteiger partial charge is 0.425 e. The average Bonchev–Trinajstić information content (AvgIpc) is 1.41. The maximum absolute atomic E-state index is 10.3. The van der Waals surface area contributed by atoms with E-state index >= 15 is 0 Å². The third-order valence-electron chi connectivity index (χ3n) is 0.113. The smallest absolute Gasteiger partial charge is 0.285 e. The first-order valence-corrected chi connectivity index (χ1v) is 0.967. The van der Waals surface area contributed by atoms with E-state index in [1.165, 1.54) is 0 Å². The molecule has 2 nitrogen and oxygen atoms in total. The summed E-state index contributed by atoms with van der Waals surface area (Å²) in [5, 5.41) is 0. The Hall–Kier alpha value is -0.0851. The molecule has 0 aliphatic carbocycles. The van der Waals surface area contributed by atoms with Gasteiger partial charge in [-0.1, -0.05) is 0 Å². The number of rotatable bonds is 2. The SMILES string of the molecule is [B]OCOF. The fourth-order valence-corrected chi connectivity index (χ4v) is 0.0257. The molecule has 0 saturated carbocycles. The van der Waals surface area contributed by atoms with Crippen LogP contribution in [0.15, 0.2) is 0 Å². The number of hydrogen-bond donors (Lipinski definition) is 0. The van der Waals surface area contributed by atoms with E-state index in [9.17, 15) is 4.53 Å². The lowest BCUT2D eigenvalue weighted by Crippen LogP contribution is -1.85. The van der Waals surface area contributed by atoms with Gasteiger partial charge in [-0.3, -0.25) is 0 Å². The van der Waals surface area contributed by atoms with Crippen molar-refractivity contribution in [3.8, 4) is 0 Å². The Morgan fingerprint density at radius 3 is 2.40 bits per heavy atom. The summed E-state index contributed by atoms with van der Waals surface area (Å²) < 4.78 is 13.9. The molecule has 0 aliphatic rings. The first kappa shape index (κ1) is 4.91. The predicted molar refractivity (Wildman–Crippen MR) is 13.9 cm³/mol. The van der Waals surface area contributed by atoms with Gasteiger partial charge in [0.1, 0.15) is 0 Å². The van der Waals surface area contributed by atoms with E-state index < -0.39 is 6.79 Å². The first-order valence-electron chi connectivity index (χ1n) is 0.967. The van der Waals surface area contributed by atoms with E-state index in [-0.39, 0.29) is 0 Å². The van der Waals surface area contributed by atoms with Crippen molar-refractivity contribution in [2.45, 2.75) is 0 Å². The highest BCUT2D eigenvalue weighted by Gasteiger charge is 1.68. The topological polar surface area (TPSA) is 18.5 Å². The third kappa shape index (κ3) is 3.91. The average molecular weight is 75.8 g/mol. The first-order chi connectivity index (χ1) is 2.41. The second-order valence-electron chi connectivity index (χ2n) is 0.394. The van der Waals surface area contributed by atoms with E-state index in [0.29, 0.717) is 0 Å². The van der Waals surface area contributed by atoms with Gasteiger partial charge in [-0.05, 0) is 4.53 Å². The molecule has 28 valence electrons. The summed E-state index contributed by atoms with van der Waals surface area (Å²) in [5.74, 6) is 0. The third-order valence-corrected chi connectivity index (χ3v) is 0.113. The highest BCUT2D eigenvalue weighted by Crippen LogP contribution is 1.67. The molecule has 0 bridgehead atoms. The number of halogens is 1. The van der Waals surface area contributed by atoms with Gasteiger partial charge in [0.2, 0.25) is 0 Å². The Balaban J connectivity index is 2.19. The van der Waals surface area contributed by atoms with E-state index in [2.05, 4.69) is 17.6 Å². The highest BCUT2D eigenvalue weighted by molar-refractivity contribution is 5.97. The molecule has 0 aromatic carbocycles. The molecule has 4 heteroatoms. The fraction of sp³-hybridized carbons (Fsp3) is 1.00. The fourth-order valence-electron chi connectivity index (χ4n) is 0.0257. The molecular formula is CH2BFO2. The van der Waals surface area contributed by atoms with Gasteiger partial charge in [-0.2, -0.15) is 4.94 Å². The number of hydrogen-bond acceptors (Lipinski definition) is 2. The van der Waals surface area contributed by atoms with E-state index in [1.807, 2.05) is 0 Å². The van der Waals surface area contributed by atoms with Crippen molar-refractivity contribution < 1.29 is 14.1 Å².